The summed E-state index contributed by atoms with van der Waals surface area (Å²) in [4.78, 5) is 4.10. The predicted molar refractivity (Wildman–Crippen MR) is 109 cm³/mol. The van der Waals surface area contributed by atoms with Crippen LogP contribution in [0.2, 0.25) is 0 Å². The third-order valence-corrected chi connectivity index (χ3v) is 5.23. The summed E-state index contributed by atoms with van der Waals surface area (Å²) in [7, 11) is 0. The molecule has 0 bridgehead atoms. The molecule has 0 aliphatic heterocycles. The minimum absolute atomic E-state index is 0.213. The van der Waals surface area contributed by atoms with Gasteiger partial charge in [-0.15, -0.1) is 18.3 Å². The molecule has 0 radical (unpaired) electrons. The first-order valence-corrected chi connectivity index (χ1v) is 9.99. The number of ether oxygens (including phenoxy) is 1. The number of hydrogen-bond donors (Lipinski definition) is 1. The number of rotatable bonds is 7. The molecule has 0 fully saturated rings. The van der Waals surface area contributed by atoms with E-state index in [4.69, 9.17) is 0 Å². The van der Waals surface area contributed by atoms with Crippen LogP contribution in [0.5, 0.6) is 5.75 Å². The number of hydrogen-bond acceptors (Lipinski definition) is 6. The molecule has 2 unspecified atom stereocenters. The van der Waals surface area contributed by atoms with Crippen LogP contribution in [0.3, 0.4) is 0 Å². The normalized spacial score (nSPS) is 14.5. The second-order valence-electron chi connectivity index (χ2n) is 7.49. The van der Waals surface area contributed by atoms with E-state index < -0.39 is 47.4 Å². The average molecular weight is 513 g/mol. The van der Waals surface area contributed by atoms with Gasteiger partial charge in [-0.2, -0.15) is 0 Å². The fourth-order valence-electron chi connectivity index (χ4n) is 3.63. The molecular weight excluding hydrogens is 499 g/mol. The maximum Gasteiger partial charge on any atom is 0.573 e. The summed E-state index contributed by atoms with van der Waals surface area (Å²) in [6.45, 7) is 0. The highest BCUT2D eigenvalue weighted by Crippen LogP contribution is 2.43. The van der Waals surface area contributed by atoms with Crippen LogP contribution in [0, 0.1) is 11.6 Å². The van der Waals surface area contributed by atoms with Crippen molar-refractivity contribution in [3.8, 4) is 16.9 Å². The maximum absolute atomic E-state index is 14.5. The van der Waals surface area contributed by atoms with Crippen LogP contribution < -0.4 is 4.74 Å². The molecule has 188 valence electrons. The minimum Gasteiger partial charge on any atom is -0.406 e. The highest BCUT2D eigenvalue weighted by atomic mass is 19.4. The number of nitrogens with zero attached hydrogens (tertiary/aromatic N) is 5. The lowest BCUT2D eigenvalue weighted by atomic mass is 9.84. The van der Waals surface area contributed by atoms with Crippen LogP contribution in [0.1, 0.15) is 17.3 Å². The van der Waals surface area contributed by atoms with Crippen molar-refractivity contribution in [2.75, 3.05) is 0 Å². The first-order valence-electron chi connectivity index (χ1n) is 9.99. The van der Waals surface area contributed by atoms with E-state index in [1.165, 1.54) is 30.5 Å². The van der Waals surface area contributed by atoms with Crippen molar-refractivity contribution in [3.05, 3.63) is 90.0 Å². The first kappa shape index (κ1) is 25.0. The Bertz CT molecular complexity index is 1320. The van der Waals surface area contributed by atoms with Crippen molar-refractivity contribution >= 4 is 0 Å². The van der Waals surface area contributed by atoms with Crippen LogP contribution in [0.4, 0.5) is 30.7 Å². The lowest BCUT2D eigenvalue weighted by Gasteiger charge is -2.35. The topological polar surface area (TPSA) is 86.0 Å². The number of benzene rings is 2. The SMILES string of the molecule is OC(c1ccc(F)cc1F)(C(F)F)C(c1ccc(-c2ccc(OC(F)(F)F)cc2)cn1)n1cnnn1. The van der Waals surface area contributed by atoms with E-state index in [9.17, 15) is 35.8 Å². The second kappa shape index (κ2) is 9.53. The van der Waals surface area contributed by atoms with E-state index >= 15 is 0 Å². The number of tetrazole rings is 1. The molecule has 0 aliphatic carbocycles. The fourth-order valence-corrected chi connectivity index (χ4v) is 3.63. The molecule has 36 heavy (non-hydrogen) atoms. The predicted octanol–water partition coefficient (Wildman–Crippen LogP) is 4.65. The van der Waals surface area contributed by atoms with Gasteiger partial charge in [0.1, 0.15) is 29.8 Å². The van der Waals surface area contributed by atoms with Crippen LogP contribution >= 0.6 is 0 Å². The highest BCUT2D eigenvalue weighted by Gasteiger charge is 2.52. The molecule has 0 aliphatic rings. The van der Waals surface area contributed by atoms with Crippen LogP contribution in [-0.4, -0.2) is 43.1 Å². The van der Waals surface area contributed by atoms with Gasteiger partial charge >= 0.3 is 6.36 Å². The van der Waals surface area contributed by atoms with Crippen molar-refractivity contribution in [2.24, 2.45) is 0 Å². The van der Waals surface area contributed by atoms with Crippen molar-refractivity contribution in [3.63, 3.8) is 0 Å². The molecule has 4 rings (SSSR count). The molecule has 0 amide bonds. The number of pyridine rings is 1. The monoisotopic (exact) mass is 513 g/mol. The van der Waals surface area contributed by atoms with Gasteiger partial charge in [0.2, 0.25) is 0 Å². The summed E-state index contributed by atoms with van der Waals surface area (Å²) in [5, 5.41) is 21.5. The molecule has 2 atom stereocenters. The van der Waals surface area contributed by atoms with Crippen molar-refractivity contribution in [1.29, 1.82) is 0 Å². The molecular formula is C22H14F7N5O2. The summed E-state index contributed by atoms with van der Waals surface area (Å²) in [5.41, 5.74) is -3.61. The zero-order valence-corrected chi connectivity index (χ0v) is 17.7. The Hall–Kier alpha value is -4.07. The van der Waals surface area contributed by atoms with E-state index in [1.54, 1.807) is 0 Å². The van der Waals surface area contributed by atoms with E-state index in [2.05, 4.69) is 25.2 Å². The van der Waals surface area contributed by atoms with E-state index in [0.29, 0.717) is 29.3 Å². The van der Waals surface area contributed by atoms with Gasteiger partial charge in [0.05, 0.1) is 5.69 Å². The summed E-state index contributed by atoms with van der Waals surface area (Å²) in [5.74, 6) is -2.91. The molecule has 1 N–H and O–H groups in total. The van der Waals surface area contributed by atoms with Gasteiger partial charge in [-0.05, 0) is 46.3 Å². The second-order valence-corrected chi connectivity index (χ2v) is 7.49. The molecule has 2 aromatic heterocycles. The first-order chi connectivity index (χ1) is 17.0. The Balaban J connectivity index is 1.74. The van der Waals surface area contributed by atoms with E-state index in [-0.39, 0.29) is 5.69 Å². The Morgan fingerprint density at radius 1 is 0.917 bits per heavy atom. The Kier molecular flexibility index (Phi) is 6.63. The van der Waals surface area contributed by atoms with Gasteiger partial charge < -0.3 is 9.84 Å². The van der Waals surface area contributed by atoms with Crippen LogP contribution in [-0.2, 0) is 5.60 Å². The zero-order valence-electron chi connectivity index (χ0n) is 17.7. The number of alkyl halides is 5. The summed E-state index contributed by atoms with van der Waals surface area (Å²) in [6, 6.07) is 7.31. The fraction of sp³-hybridized carbons (Fsp3) is 0.182. The van der Waals surface area contributed by atoms with E-state index in [0.717, 1.165) is 23.1 Å². The Labute approximate surface area is 197 Å². The summed E-state index contributed by atoms with van der Waals surface area (Å²) < 4.78 is 98.3. The standard InChI is InChI=1S/C22H14F7N5O2/c23-14-4-7-16(17(24)9-14)21(35,20(25)26)19(34-11-31-32-33-34)18-8-3-13(10-30-18)12-1-5-15(6-2-12)36-22(27,28)29/h1-11,19-20,35H. The van der Waals surface area contributed by atoms with Crippen LogP contribution in [0.25, 0.3) is 11.1 Å². The smallest absolute Gasteiger partial charge is 0.406 e. The Morgan fingerprint density at radius 2 is 1.61 bits per heavy atom. The van der Waals surface area contributed by atoms with Gasteiger partial charge in [0, 0.05) is 23.4 Å². The van der Waals surface area contributed by atoms with Gasteiger partial charge in [-0.3, -0.25) is 4.98 Å². The van der Waals surface area contributed by atoms with Crippen molar-refractivity contribution in [1.82, 2.24) is 25.2 Å². The molecule has 7 nitrogen and oxygen atoms in total. The average Bonchev–Trinajstić information content (AvgIpc) is 3.33. The number of aromatic nitrogens is 5. The highest BCUT2D eigenvalue weighted by molar-refractivity contribution is 5.63. The number of aliphatic hydroxyl groups is 1. The van der Waals surface area contributed by atoms with Gasteiger partial charge in [0.25, 0.3) is 6.43 Å². The van der Waals surface area contributed by atoms with Crippen LogP contribution in [0.15, 0.2) is 67.1 Å². The lowest BCUT2D eigenvalue weighted by Crippen LogP contribution is -2.45. The molecule has 0 spiro atoms. The lowest BCUT2D eigenvalue weighted by molar-refractivity contribution is -0.274. The van der Waals surface area contributed by atoms with Gasteiger partial charge in [-0.25, -0.2) is 22.2 Å². The molecule has 14 heteroatoms. The third-order valence-electron chi connectivity index (χ3n) is 5.23. The molecule has 2 aromatic carbocycles. The molecule has 2 heterocycles. The van der Waals surface area contributed by atoms with Crippen molar-refractivity contribution in [2.45, 2.75) is 24.4 Å². The van der Waals surface area contributed by atoms with E-state index in [1.807, 2.05) is 0 Å². The summed E-state index contributed by atoms with van der Waals surface area (Å²) >= 11 is 0. The minimum atomic E-state index is -4.86. The summed E-state index contributed by atoms with van der Waals surface area (Å²) in [6.07, 6.45) is -6.34. The molecule has 4 aromatic rings. The largest absolute Gasteiger partial charge is 0.573 e. The molecule has 0 saturated heterocycles. The quantitative estimate of drug-likeness (QED) is 0.362. The number of halogens is 7. The van der Waals surface area contributed by atoms with Gasteiger partial charge in [-0.1, -0.05) is 18.2 Å². The Morgan fingerprint density at radius 3 is 2.14 bits per heavy atom. The van der Waals surface area contributed by atoms with Gasteiger partial charge in [0.15, 0.2) is 5.60 Å². The zero-order chi connectivity index (χ0) is 26.1. The third kappa shape index (κ3) is 4.98. The molecule has 0 saturated carbocycles. The maximum atomic E-state index is 14.5. The van der Waals surface area contributed by atoms with Crippen molar-refractivity contribution < 1.29 is 40.6 Å².